The SMILES string of the molecule is CN=C(NCc1ncc(C)s1)NCC1CN(CC(C)C)CCO1. The Balaban J connectivity index is 1.72. The lowest BCUT2D eigenvalue weighted by atomic mass is 10.2. The van der Waals surface area contributed by atoms with Gasteiger partial charge in [0.2, 0.25) is 0 Å². The summed E-state index contributed by atoms with van der Waals surface area (Å²) in [5, 5.41) is 7.73. The predicted molar refractivity (Wildman–Crippen MR) is 96.1 cm³/mol. The minimum atomic E-state index is 0.211. The van der Waals surface area contributed by atoms with Crippen molar-refractivity contribution in [2.24, 2.45) is 10.9 Å². The van der Waals surface area contributed by atoms with E-state index in [9.17, 15) is 0 Å². The van der Waals surface area contributed by atoms with E-state index in [1.165, 1.54) is 4.88 Å². The molecule has 0 aliphatic carbocycles. The summed E-state index contributed by atoms with van der Waals surface area (Å²) in [4.78, 5) is 12.3. The lowest BCUT2D eigenvalue weighted by Crippen LogP contribution is -2.50. The molecular formula is C16H29N5OS. The Kier molecular flexibility index (Phi) is 7.26. The number of aryl methyl sites for hydroxylation is 1. The normalized spacial score (nSPS) is 20.0. The molecule has 1 aliphatic rings. The van der Waals surface area contributed by atoms with Crippen LogP contribution in [0.15, 0.2) is 11.2 Å². The number of thiazole rings is 1. The number of rotatable bonds is 6. The van der Waals surface area contributed by atoms with Gasteiger partial charge in [0.15, 0.2) is 5.96 Å². The van der Waals surface area contributed by atoms with E-state index in [0.717, 1.165) is 43.8 Å². The molecule has 2 rings (SSSR count). The van der Waals surface area contributed by atoms with Gasteiger partial charge in [-0.15, -0.1) is 11.3 Å². The van der Waals surface area contributed by atoms with Gasteiger partial charge >= 0.3 is 0 Å². The molecule has 1 aromatic rings. The summed E-state index contributed by atoms with van der Waals surface area (Å²) in [7, 11) is 1.79. The van der Waals surface area contributed by atoms with Crippen LogP contribution in [0.25, 0.3) is 0 Å². The Morgan fingerprint density at radius 2 is 2.35 bits per heavy atom. The van der Waals surface area contributed by atoms with E-state index >= 15 is 0 Å². The van der Waals surface area contributed by atoms with Crippen molar-refractivity contribution in [3.63, 3.8) is 0 Å². The summed E-state index contributed by atoms with van der Waals surface area (Å²) in [6, 6.07) is 0. The third kappa shape index (κ3) is 6.45. The molecule has 130 valence electrons. The molecule has 0 amide bonds. The molecule has 6 nitrogen and oxygen atoms in total. The minimum absolute atomic E-state index is 0.211. The van der Waals surface area contributed by atoms with Gasteiger partial charge < -0.3 is 15.4 Å². The molecule has 0 radical (unpaired) electrons. The number of nitrogens with zero attached hydrogens (tertiary/aromatic N) is 3. The Morgan fingerprint density at radius 3 is 3.00 bits per heavy atom. The molecule has 2 N–H and O–H groups in total. The summed E-state index contributed by atoms with van der Waals surface area (Å²) in [6.45, 7) is 12.0. The third-order valence-corrected chi connectivity index (χ3v) is 4.56. The van der Waals surface area contributed by atoms with Gasteiger partial charge in [0.1, 0.15) is 5.01 Å². The molecule has 0 aromatic carbocycles. The average Bonchev–Trinajstić information content (AvgIpc) is 2.93. The third-order valence-electron chi connectivity index (χ3n) is 3.64. The Hall–Kier alpha value is -1.18. The summed E-state index contributed by atoms with van der Waals surface area (Å²) in [5.41, 5.74) is 0. The number of aromatic nitrogens is 1. The lowest BCUT2D eigenvalue weighted by molar-refractivity contribution is -0.0284. The monoisotopic (exact) mass is 339 g/mol. The van der Waals surface area contributed by atoms with Crippen LogP contribution < -0.4 is 10.6 Å². The van der Waals surface area contributed by atoms with Gasteiger partial charge in [-0.25, -0.2) is 4.98 Å². The second-order valence-corrected chi connectivity index (χ2v) is 7.64. The fraction of sp³-hybridized carbons (Fsp3) is 0.750. The fourth-order valence-electron chi connectivity index (χ4n) is 2.66. The van der Waals surface area contributed by atoms with E-state index in [0.29, 0.717) is 12.5 Å². The largest absolute Gasteiger partial charge is 0.374 e. The van der Waals surface area contributed by atoms with Crippen molar-refractivity contribution in [1.29, 1.82) is 0 Å². The molecule has 1 aliphatic heterocycles. The van der Waals surface area contributed by atoms with Crippen molar-refractivity contribution >= 4 is 17.3 Å². The maximum absolute atomic E-state index is 5.85. The Bertz CT molecular complexity index is 502. The van der Waals surface area contributed by atoms with Crippen molar-refractivity contribution in [1.82, 2.24) is 20.5 Å². The van der Waals surface area contributed by atoms with E-state index in [4.69, 9.17) is 4.74 Å². The zero-order valence-electron chi connectivity index (χ0n) is 14.6. The summed E-state index contributed by atoms with van der Waals surface area (Å²) < 4.78 is 5.85. The second kappa shape index (κ2) is 9.20. The topological polar surface area (TPSA) is 61.8 Å². The van der Waals surface area contributed by atoms with Gasteiger partial charge in [-0.1, -0.05) is 13.8 Å². The number of ether oxygens (including phenoxy) is 1. The molecule has 1 unspecified atom stereocenters. The first-order valence-electron chi connectivity index (χ1n) is 8.26. The van der Waals surface area contributed by atoms with Gasteiger partial charge in [-0.2, -0.15) is 0 Å². The summed E-state index contributed by atoms with van der Waals surface area (Å²) >= 11 is 1.70. The molecule has 0 bridgehead atoms. The zero-order valence-corrected chi connectivity index (χ0v) is 15.4. The maximum Gasteiger partial charge on any atom is 0.191 e. The highest BCUT2D eigenvalue weighted by atomic mass is 32.1. The van der Waals surface area contributed by atoms with Gasteiger partial charge in [0, 0.05) is 44.3 Å². The summed E-state index contributed by atoms with van der Waals surface area (Å²) in [5.74, 6) is 1.49. The molecule has 7 heteroatoms. The van der Waals surface area contributed by atoms with Crippen LogP contribution in [0.2, 0.25) is 0 Å². The molecule has 1 fully saturated rings. The maximum atomic E-state index is 5.85. The quantitative estimate of drug-likeness (QED) is 0.607. The Labute approximate surface area is 143 Å². The van der Waals surface area contributed by atoms with E-state index in [-0.39, 0.29) is 6.10 Å². The summed E-state index contributed by atoms with van der Waals surface area (Å²) in [6.07, 6.45) is 2.11. The van der Waals surface area contributed by atoms with E-state index in [1.54, 1.807) is 18.4 Å². The molecule has 2 heterocycles. The number of guanidine groups is 1. The number of aliphatic imine (C=N–C) groups is 1. The van der Waals surface area contributed by atoms with Crippen LogP contribution >= 0.6 is 11.3 Å². The van der Waals surface area contributed by atoms with Crippen molar-refractivity contribution < 1.29 is 4.74 Å². The molecule has 0 spiro atoms. The van der Waals surface area contributed by atoms with Crippen LogP contribution in [-0.2, 0) is 11.3 Å². The van der Waals surface area contributed by atoms with Crippen molar-refractivity contribution in [3.8, 4) is 0 Å². The van der Waals surface area contributed by atoms with Crippen LogP contribution in [-0.4, -0.2) is 61.8 Å². The molecule has 0 saturated carbocycles. The van der Waals surface area contributed by atoms with E-state index < -0.39 is 0 Å². The van der Waals surface area contributed by atoms with Gasteiger partial charge in [-0.3, -0.25) is 9.89 Å². The first-order chi connectivity index (χ1) is 11.1. The van der Waals surface area contributed by atoms with Gasteiger partial charge in [0.25, 0.3) is 0 Å². The van der Waals surface area contributed by atoms with E-state index in [2.05, 4.69) is 46.3 Å². The first-order valence-corrected chi connectivity index (χ1v) is 9.08. The standard InChI is InChI=1S/C16H29N5OS/c1-12(2)10-21-5-6-22-14(11-21)8-19-16(17-4)20-9-15-18-7-13(3)23-15/h7,12,14H,5-6,8-11H2,1-4H3,(H2,17,19,20). The molecule has 1 saturated heterocycles. The average molecular weight is 340 g/mol. The number of hydrogen-bond acceptors (Lipinski definition) is 5. The van der Waals surface area contributed by atoms with Crippen molar-refractivity contribution in [3.05, 3.63) is 16.1 Å². The molecule has 1 aromatic heterocycles. The van der Waals surface area contributed by atoms with Crippen LogP contribution in [0.4, 0.5) is 0 Å². The highest BCUT2D eigenvalue weighted by Crippen LogP contribution is 2.10. The molecular weight excluding hydrogens is 310 g/mol. The number of hydrogen-bond donors (Lipinski definition) is 2. The van der Waals surface area contributed by atoms with Crippen molar-refractivity contribution in [2.75, 3.05) is 39.8 Å². The zero-order chi connectivity index (χ0) is 16.7. The van der Waals surface area contributed by atoms with Gasteiger partial charge in [-0.05, 0) is 12.8 Å². The number of nitrogens with one attached hydrogen (secondary N) is 2. The number of morpholine rings is 1. The van der Waals surface area contributed by atoms with Crippen LogP contribution in [0, 0.1) is 12.8 Å². The van der Waals surface area contributed by atoms with Crippen molar-refractivity contribution in [2.45, 2.75) is 33.4 Å². The lowest BCUT2D eigenvalue weighted by Gasteiger charge is -2.34. The highest BCUT2D eigenvalue weighted by molar-refractivity contribution is 7.11. The van der Waals surface area contributed by atoms with Crippen LogP contribution in [0.3, 0.4) is 0 Å². The highest BCUT2D eigenvalue weighted by Gasteiger charge is 2.21. The van der Waals surface area contributed by atoms with Crippen LogP contribution in [0.5, 0.6) is 0 Å². The molecule has 1 atom stereocenters. The second-order valence-electron chi connectivity index (χ2n) is 6.32. The van der Waals surface area contributed by atoms with Crippen LogP contribution in [0.1, 0.15) is 23.7 Å². The minimum Gasteiger partial charge on any atom is -0.374 e. The van der Waals surface area contributed by atoms with Gasteiger partial charge in [0.05, 0.1) is 19.3 Å². The predicted octanol–water partition coefficient (Wildman–Crippen LogP) is 1.47. The van der Waals surface area contributed by atoms with E-state index in [1.807, 2.05) is 6.20 Å². The smallest absolute Gasteiger partial charge is 0.191 e. The first kappa shape index (κ1) is 18.2. The Morgan fingerprint density at radius 1 is 1.52 bits per heavy atom. The fourth-order valence-corrected chi connectivity index (χ4v) is 3.39. The molecule has 23 heavy (non-hydrogen) atoms.